The van der Waals surface area contributed by atoms with E-state index in [1.807, 2.05) is 0 Å². The molecule has 1 fully saturated rings. The number of rotatable bonds is 3. The van der Waals surface area contributed by atoms with Gasteiger partial charge in [0.2, 0.25) is 10.0 Å². The van der Waals surface area contributed by atoms with Crippen LogP contribution in [0.15, 0.2) is 22.8 Å². The lowest BCUT2D eigenvalue weighted by atomic mass is 10.1. The van der Waals surface area contributed by atoms with E-state index in [9.17, 15) is 13.2 Å². The number of sulfonamides is 1. The van der Waals surface area contributed by atoms with Gasteiger partial charge in [0, 0.05) is 19.1 Å². The molecule has 0 bridgehead atoms. The van der Waals surface area contributed by atoms with Gasteiger partial charge in [0.25, 0.3) is 5.91 Å². The van der Waals surface area contributed by atoms with E-state index in [0.29, 0.717) is 13.1 Å². The lowest BCUT2D eigenvalue weighted by Crippen LogP contribution is -2.49. The minimum Gasteiger partial charge on any atom is -0.459 e. The highest BCUT2D eigenvalue weighted by molar-refractivity contribution is 7.88. The predicted molar refractivity (Wildman–Crippen MR) is 65.6 cm³/mol. The van der Waals surface area contributed by atoms with E-state index in [0.717, 1.165) is 19.1 Å². The second-order valence-corrected chi connectivity index (χ2v) is 6.24. The number of hydrogen-bond donors (Lipinski definition) is 1. The first-order valence-corrected chi connectivity index (χ1v) is 7.65. The summed E-state index contributed by atoms with van der Waals surface area (Å²) in [4.78, 5) is 13.6. The Kier molecular flexibility index (Phi) is 3.72. The Hall–Kier alpha value is -1.34. The SMILES string of the molecule is CS(=O)(=O)NC1CCCN(C(=O)c2ccco2)C1. The molecule has 1 unspecified atom stereocenters. The molecule has 6 nitrogen and oxygen atoms in total. The van der Waals surface area contributed by atoms with Crippen LogP contribution >= 0.6 is 0 Å². The maximum atomic E-state index is 12.0. The standard InChI is InChI=1S/C11H16N2O4S/c1-18(15,16)12-9-4-2-6-13(8-9)11(14)10-5-3-7-17-10/h3,5,7,9,12H,2,4,6,8H2,1H3. The van der Waals surface area contributed by atoms with Gasteiger partial charge in [0.15, 0.2) is 5.76 Å². The molecule has 7 heteroatoms. The second-order valence-electron chi connectivity index (χ2n) is 4.46. The first kappa shape index (κ1) is 13.1. The number of nitrogens with one attached hydrogen (secondary N) is 1. The van der Waals surface area contributed by atoms with E-state index >= 15 is 0 Å². The molecule has 1 amide bonds. The van der Waals surface area contributed by atoms with Crippen LogP contribution in [-0.2, 0) is 10.0 Å². The lowest BCUT2D eigenvalue weighted by molar-refractivity contribution is 0.0671. The van der Waals surface area contributed by atoms with Gasteiger partial charge in [0.1, 0.15) is 0 Å². The van der Waals surface area contributed by atoms with Crippen LogP contribution in [0.5, 0.6) is 0 Å². The van der Waals surface area contributed by atoms with Gasteiger partial charge in [-0.05, 0) is 25.0 Å². The fourth-order valence-corrected chi connectivity index (χ4v) is 2.91. The van der Waals surface area contributed by atoms with Gasteiger partial charge in [-0.3, -0.25) is 4.79 Å². The smallest absolute Gasteiger partial charge is 0.289 e. The van der Waals surface area contributed by atoms with Gasteiger partial charge >= 0.3 is 0 Å². The van der Waals surface area contributed by atoms with Crippen molar-refractivity contribution < 1.29 is 17.6 Å². The van der Waals surface area contributed by atoms with Gasteiger partial charge in [0.05, 0.1) is 12.5 Å². The molecule has 1 aromatic rings. The Morgan fingerprint density at radius 2 is 2.33 bits per heavy atom. The molecule has 1 atom stereocenters. The molecule has 1 saturated heterocycles. The van der Waals surface area contributed by atoms with Crippen LogP contribution in [0.4, 0.5) is 0 Å². The van der Waals surface area contributed by atoms with Crippen molar-refractivity contribution in [1.82, 2.24) is 9.62 Å². The number of furan rings is 1. The molecule has 18 heavy (non-hydrogen) atoms. The van der Waals surface area contributed by atoms with Crippen LogP contribution in [0, 0.1) is 0 Å². The van der Waals surface area contributed by atoms with Crippen LogP contribution in [0.3, 0.4) is 0 Å². The maximum Gasteiger partial charge on any atom is 0.289 e. The Balaban J connectivity index is 2.01. The van der Waals surface area contributed by atoms with E-state index in [4.69, 9.17) is 4.42 Å². The van der Waals surface area contributed by atoms with Gasteiger partial charge in [-0.1, -0.05) is 0 Å². The number of nitrogens with zero attached hydrogens (tertiary/aromatic N) is 1. The lowest BCUT2D eigenvalue weighted by Gasteiger charge is -2.32. The van der Waals surface area contributed by atoms with Crippen molar-refractivity contribution in [2.75, 3.05) is 19.3 Å². The highest BCUT2D eigenvalue weighted by Gasteiger charge is 2.27. The van der Waals surface area contributed by atoms with Crippen LogP contribution in [-0.4, -0.2) is 44.6 Å². The van der Waals surface area contributed by atoms with E-state index in [2.05, 4.69) is 4.72 Å². The molecule has 100 valence electrons. The normalized spacial score (nSPS) is 20.9. The van der Waals surface area contributed by atoms with Crippen molar-refractivity contribution >= 4 is 15.9 Å². The monoisotopic (exact) mass is 272 g/mol. The Morgan fingerprint density at radius 1 is 1.56 bits per heavy atom. The Bertz CT molecular complexity index is 509. The first-order valence-electron chi connectivity index (χ1n) is 5.76. The molecule has 0 aliphatic carbocycles. The van der Waals surface area contributed by atoms with Crippen LogP contribution in [0.2, 0.25) is 0 Å². The van der Waals surface area contributed by atoms with Gasteiger partial charge in [-0.25, -0.2) is 13.1 Å². The molecule has 1 aliphatic heterocycles. The van der Waals surface area contributed by atoms with Crippen molar-refractivity contribution in [3.8, 4) is 0 Å². The number of piperidine rings is 1. The van der Waals surface area contributed by atoms with Gasteiger partial charge in [-0.15, -0.1) is 0 Å². The minimum atomic E-state index is -3.24. The number of hydrogen-bond acceptors (Lipinski definition) is 4. The average Bonchev–Trinajstić information content (AvgIpc) is 2.79. The topological polar surface area (TPSA) is 79.6 Å². The van der Waals surface area contributed by atoms with Crippen LogP contribution in [0.25, 0.3) is 0 Å². The summed E-state index contributed by atoms with van der Waals surface area (Å²) < 4.78 is 29.9. The third-order valence-corrected chi connectivity index (χ3v) is 3.58. The zero-order valence-corrected chi connectivity index (χ0v) is 10.9. The summed E-state index contributed by atoms with van der Waals surface area (Å²) in [5.41, 5.74) is 0. The molecule has 2 heterocycles. The average molecular weight is 272 g/mol. The van der Waals surface area contributed by atoms with Crippen LogP contribution < -0.4 is 4.72 Å². The molecule has 2 rings (SSSR count). The molecular formula is C11H16N2O4S. The summed E-state index contributed by atoms with van der Waals surface area (Å²) in [6.07, 6.45) is 4.10. The second kappa shape index (κ2) is 5.11. The maximum absolute atomic E-state index is 12.0. The molecular weight excluding hydrogens is 256 g/mol. The first-order chi connectivity index (χ1) is 8.46. The fourth-order valence-electron chi connectivity index (χ4n) is 2.12. The van der Waals surface area contributed by atoms with Crippen molar-refractivity contribution in [2.45, 2.75) is 18.9 Å². The zero-order valence-electron chi connectivity index (χ0n) is 10.1. The molecule has 0 saturated carbocycles. The highest BCUT2D eigenvalue weighted by Crippen LogP contribution is 2.14. The van der Waals surface area contributed by atoms with E-state index in [1.165, 1.54) is 6.26 Å². The van der Waals surface area contributed by atoms with E-state index in [1.54, 1.807) is 17.0 Å². The summed E-state index contributed by atoms with van der Waals surface area (Å²) >= 11 is 0. The summed E-state index contributed by atoms with van der Waals surface area (Å²) in [5, 5.41) is 0. The quantitative estimate of drug-likeness (QED) is 0.865. The molecule has 0 spiro atoms. The summed E-state index contributed by atoms with van der Waals surface area (Å²) in [7, 11) is -3.24. The zero-order chi connectivity index (χ0) is 13.2. The molecule has 0 aromatic carbocycles. The van der Waals surface area contributed by atoms with Crippen molar-refractivity contribution in [2.24, 2.45) is 0 Å². The number of amides is 1. The third-order valence-electron chi connectivity index (χ3n) is 2.82. The van der Waals surface area contributed by atoms with Crippen molar-refractivity contribution in [3.63, 3.8) is 0 Å². The minimum absolute atomic E-state index is 0.194. The number of carbonyl (C=O) groups is 1. The van der Waals surface area contributed by atoms with Gasteiger partial charge < -0.3 is 9.32 Å². The Morgan fingerprint density at radius 3 is 2.94 bits per heavy atom. The molecule has 1 aliphatic rings. The predicted octanol–water partition coefficient (Wildman–Crippen LogP) is 0.433. The summed E-state index contributed by atoms with van der Waals surface area (Å²) in [5.74, 6) is 0.0926. The largest absolute Gasteiger partial charge is 0.459 e. The molecule has 1 N–H and O–H groups in total. The number of carbonyl (C=O) groups excluding carboxylic acids is 1. The fraction of sp³-hybridized carbons (Fsp3) is 0.545. The molecule has 1 aromatic heterocycles. The van der Waals surface area contributed by atoms with E-state index in [-0.39, 0.29) is 17.7 Å². The third kappa shape index (κ3) is 3.33. The Labute approximate surface area is 106 Å². The summed E-state index contributed by atoms with van der Waals surface area (Å²) in [6, 6.07) is 3.05. The highest BCUT2D eigenvalue weighted by atomic mass is 32.2. The van der Waals surface area contributed by atoms with E-state index < -0.39 is 10.0 Å². The van der Waals surface area contributed by atoms with Crippen LogP contribution in [0.1, 0.15) is 23.4 Å². The van der Waals surface area contributed by atoms with Crippen molar-refractivity contribution in [3.05, 3.63) is 24.2 Å². The number of likely N-dealkylation sites (tertiary alicyclic amines) is 1. The van der Waals surface area contributed by atoms with Crippen molar-refractivity contribution in [1.29, 1.82) is 0 Å². The summed E-state index contributed by atoms with van der Waals surface area (Å²) in [6.45, 7) is 1.01. The van der Waals surface area contributed by atoms with Gasteiger partial charge in [-0.2, -0.15) is 0 Å². The molecule has 0 radical (unpaired) electrons.